The standard InChI is InChI=1S/C13H18N2O2.C9H10BrClO2.C9H11BrO3.C9H9BrO2.C7H7BrO2/c1-2-13-11(10-16-7-8-17-13)9-12(1)15-5-3-14-4-6-15;2*10-8-1-2-9(12)7(5-8)6-13-4-3-11;10-8-1-2-9-7(5-8)6-11-3-4-12-9;8-6-1-2-7(10)5(3-6)4-9/h1-2,9,14H,3-8,10H2;1-2,5,12H,3-4,6H2;1-2,5,11-12H,3-4,6H2;1-2,5H,3-4,6H2;1-3,9-10H,4H2. The first-order valence-electron chi connectivity index (χ1n) is 20.6. The number of aliphatic hydroxyl groups is 2. The van der Waals surface area contributed by atoms with Crippen LogP contribution >= 0.6 is 75.3 Å². The largest absolute Gasteiger partial charge is 0.508 e. The number of anilines is 1. The van der Waals surface area contributed by atoms with Crippen molar-refractivity contribution >= 4 is 81.0 Å². The fraction of sp³-hybridized carbons (Fsp3) is 0.362. The molecule has 5 aromatic carbocycles. The molecule has 0 unspecified atom stereocenters. The summed E-state index contributed by atoms with van der Waals surface area (Å²) in [4.78, 5) is 2.40. The second-order valence-corrected chi connectivity index (χ2v) is 18.1. The molecule has 0 radical (unpaired) electrons. The van der Waals surface area contributed by atoms with Crippen LogP contribution in [0.4, 0.5) is 5.69 Å². The minimum atomic E-state index is -0.134. The van der Waals surface area contributed by atoms with Crippen LogP contribution in [-0.4, -0.2) is 104 Å². The van der Waals surface area contributed by atoms with E-state index in [9.17, 15) is 10.2 Å². The predicted octanol–water partition coefficient (Wildman–Crippen LogP) is 9.58. The van der Waals surface area contributed by atoms with Crippen molar-refractivity contribution in [2.75, 3.05) is 83.2 Å². The number of hydrogen-bond acceptors (Lipinski definition) is 13. The summed E-state index contributed by atoms with van der Waals surface area (Å²) in [5.74, 6) is 2.97. The molecule has 13 nitrogen and oxygen atoms in total. The van der Waals surface area contributed by atoms with Gasteiger partial charge in [0.05, 0.1) is 66.1 Å². The van der Waals surface area contributed by atoms with E-state index in [1.807, 2.05) is 24.3 Å². The summed E-state index contributed by atoms with van der Waals surface area (Å²) in [6.45, 7) is 9.56. The van der Waals surface area contributed by atoms with Crippen LogP contribution in [0.15, 0.2) is 109 Å². The molecule has 65 heavy (non-hydrogen) atoms. The number of fused-ring (bicyclic) bond motifs is 2. The van der Waals surface area contributed by atoms with Gasteiger partial charge in [0.1, 0.15) is 42.0 Å². The van der Waals surface area contributed by atoms with Crippen LogP contribution in [0.25, 0.3) is 0 Å². The Balaban J connectivity index is 0.000000180. The van der Waals surface area contributed by atoms with Crippen molar-refractivity contribution in [1.82, 2.24) is 5.32 Å². The van der Waals surface area contributed by atoms with Crippen LogP contribution in [0.3, 0.4) is 0 Å². The summed E-state index contributed by atoms with van der Waals surface area (Å²) in [7, 11) is 0. The minimum absolute atomic E-state index is 0.00519. The van der Waals surface area contributed by atoms with Gasteiger partial charge in [-0.2, -0.15) is 0 Å². The maximum absolute atomic E-state index is 9.40. The summed E-state index contributed by atoms with van der Waals surface area (Å²) in [6, 6.07) is 27.7. The number of aromatic hydroxyl groups is 3. The van der Waals surface area contributed by atoms with E-state index >= 15 is 0 Å². The van der Waals surface area contributed by atoms with Crippen LogP contribution in [0.2, 0.25) is 0 Å². The molecule has 6 N–H and O–H groups in total. The Labute approximate surface area is 419 Å². The number of ether oxygens (including phenoxy) is 6. The third kappa shape index (κ3) is 20.3. The van der Waals surface area contributed by atoms with Crippen molar-refractivity contribution in [3.05, 3.63) is 137 Å². The highest BCUT2D eigenvalue weighted by Gasteiger charge is 2.15. The minimum Gasteiger partial charge on any atom is -0.508 e. The number of alkyl halides is 1. The number of nitrogens with zero attached hydrogens (tertiary/aromatic N) is 1. The summed E-state index contributed by atoms with van der Waals surface area (Å²) in [5.41, 5.74) is 5.57. The van der Waals surface area contributed by atoms with Crippen molar-refractivity contribution in [3.8, 4) is 28.7 Å². The quantitative estimate of drug-likeness (QED) is 0.0578. The molecule has 3 aliphatic rings. The summed E-state index contributed by atoms with van der Waals surface area (Å²) < 4.78 is 35.9. The van der Waals surface area contributed by atoms with Crippen LogP contribution < -0.4 is 19.7 Å². The number of rotatable bonds is 10. The molecular weight excluding hydrogens is 1120 g/mol. The van der Waals surface area contributed by atoms with E-state index in [-0.39, 0.29) is 37.1 Å². The van der Waals surface area contributed by atoms with Gasteiger partial charge in [0.15, 0.2) is 0 Å². The fourth-order valence-electron chi connectivity index (χ4n) is 6.03. The van der Waals surface area contributed by atoms with Gasteiger partial charge < -0.3 is 64.2 Å². The van der Waals surface area contributed by atoms with Crippen molar-refractivity contribution in [2.45, 2.75) is 33.0 Å². The Morgan fingerprint density at radius 2 is 1.03 bits per heavy atom. The molecule has 8 rings (SSSR count). The van der Waals surface area contributed by atoms with E-state index in [0.717, 1.165) is 66.7 Å². The molecule has 0 atom stereocenters. The van der Waals surface area contributed by atoms with Crippen LogP contribution in [0, 0.1) is 0 Å². The Morgan fingerprint density at radius 3 is 1.54 bits per heavy atom. The molecule has 3 heterocycles. The molecule has 0 aliphatic carbocycles. The van der Waals surface area contributed by atoms with Crippen molar-refractivity contribution in [3.63, 3.8) is 0 Å². The van der Waals surface area contributed by atoms with Gasteiger partial charge in [-0.3, -0.25) is 0 Å². The lowest BCUT2D eigenvalue weighted by molar-refractivity contribution is 0.0804. The number of piperazine rings is 1. The van der Waals surface area contributed by atoms with Crippen molar-refractivity contribution < 1.29 is 54.0 Å². The Kier molecular flexibility index (Phi) is 25.9. The normalized spacial score (nSPS) is 13.9. The Bertz CT molecular complexity index is 2110. The number of phenols is 3. The molecule has 0 spiro atoms. The Hall–Kier alpha value is -3.17. The topological polar surface area (TPSA) is 172 Å². The summed E-state index contributed by atoms with van der Waals surface area (Å²) in [6.07, 6.45) is 0. The third-order valence-corrected chi connectivity index (χ3v) is 11.4. The molecule has 5 aromatic rings. The number of hydrogen-bond donors (Lipinski definition) is 6. The maximum atomic E-state index is 9.40. The van der Waals surface area contributed by atoms with E-state index in [1.54, 1.807) is 42.5 Å². The van der Waals surface area contributed by atoms with Gasteiger partial charge in [-0.05, 0) is 91.0 Å². The van der Waals surface area contributed by atoms with Gasteiger partial charge in [0, 0.05) is 83.5 Å². The second kappa shape index (κ2) is 31.0. The van der Waals surface area contributed by atoms with Crippen molar-refractivity contribution in [2.24, 2.45) is 0 Å². The molecule has 354 valence electrons. The zero-order valence-corrected chi connectivity index (χ0v) is 42.8. The lowest BCUT2D eigenvalue weighted by Crippen LogP contribution is -2.43. The number of benzene rings is 5. The SMILES string of the molecule is Brc1ccc2c(c1)COCCO2.OCCOCc1cc(Br)ccc1O.OCc1cc(Br)ccc1O.Oc1ccc(Br)cc1COCCCl.c1cc2c(cc1N1CCNCC1)COCCO2. The first kappa shape index (κ1) is 54.4. The van der Waals surface area contributed by atoms with Gasteiger partial charge >= 0.3 is 0 Å². The number of aliphatic hydroxyl groups excluding tert-OH is 2. The zero-order valence-electron chi connectivity index (χ0n) is 35.7. The predicted molar refractivity (Wildman–Crippen MR) is 266 cm³/mol. The number of phenolic OH excluding ortho intramolecular Hbond substituents is 2. The molecule has 0 aromatic heterocycles. The van der Waals surface area contributed by atoms with E-state index in [2.05, 4.69) is 92.1 Å². The van der Waals surface area contributed by atoms with Gasteiger partial charge in [0.25, 0.3) is 0 Å². The van der Waals surface area contributed by atoms with E-state index in [4.69, 9.17) is 55.3 Å². The smallest absolute Gasteiger partial charge is 0.125 e. The summed E-state index contributed by atoms with van der Waals surface area (Å²) in [5, 5.41) is 48.3. The number of nitrogens with one attached hydrogen (secondary N) is 1. The average Bonchev–Trinajstić information content (AvgIpc) is 3.71. The van der Waals surface area contributed by atoms with Crippen molar-refractivity contribution in [1.29, 1.82) is 0 Å². The Morgan fingerprint density at radius 1 is 0.569 bits per heavy atom. The maximum Gasteiger partial charge on any atom is 0.125 e. The lowest BCUT2D eigenvalue weighted by atomic mass is 10.1. The molecule has 0 amide bonds. The third-order valence-electron chi connectivity index (χ3n) is 9.30. The zero-order chi connectivity index (χ0) is 46.8. The van der Waals surface area contributed by atoms with Crippen LogP contribution in [0.1, 0.15) is 27.8 Å². The average molecular weight is 1180 g/mol. The van der Waals surface area contributed by atoms with E-state index in [1.165, 1.54) is 17.3 Å². The molecule has 0 saturated carbocycles. The van der Waals surface area contributed by atoms with Gasteiger partial charge in [0.2, 0.25) is 0 Å². The summed E-state index contributed by atoms with van der Waals surface area (Å²) >= 11 is 18.7. The van der Waals surface area contributed by atoms with E-state index in [0.29, 0.717) is 76.5 Å². The van der Waals surface area contributed by atoms with E-state index < -0.39 is 0 Å². The molecule has 1 fully saturated rings. The highest BCUT2D eigenvalue weighted by atomic mass is 79.9. The first-order chi connectivity index (χ1) is 31.5. The lowest BCUT2D eigenvalue weighted by Gasteiger charge is -2.29. The molecular formula is C47H55Br4ClN2O11. The molecule has 1 saturated heterocycles. The van der Waals surface area contributed by atoms with Gasteiger partial charge in [-0.15, -0.1) is 11.6 Å². The number of halogens is 5. The molecule has 3 aliphatic heterocycles. The van der Waals surface area contributed by atoms with Gasteiger partial charge in [-0.1, -0.05) is 63.7 Å². The highest BCUT2D eigenvalue weighted by molar-refractivity contribution is 9.11. The molecule has 18 heteroatoms. The monoisotopic (exact) mass is 1170 g/mol. The first-order valence-corrected chi connectivity index (χ1v) is 24.3. The molecule has 0 bridgehead atoms. The second-order valence-electron chi connectivity index (χ2n) is 14.1. The van der Waals surface area contributed by atoms with Gasteiger partial charge in [-0.25, -0.2) is 0 Å². The fourth-order valence-corrected chi connectivity index (χ4v) is 7.77. The van der Waals surface area contributed by atoms with Crippen LogP contribution in [0.5, 0.6) is 28.7 Å². The highest BCUT2D eigenvalue weighted by Crippen LogP contribution is 2.29. The van der Waals surface area contributed by atoms with Crippen LogP contribution in [-0.2, 0) is 52.0 Å².